The maximum Gasteiger partial charge on any atom is 0.254 e. The van der Waals surface area contributed by atoms with Crippen molar-refractivity contribution in [2.24, 2.45) is 0 Å². The van der Waals surface area contributed by atoms with Gasteiger partial charge in [0.15, 0.2) is 0 Å². The lowest BCUT2D eigenvalue weighted by Gasteiger charge is -2.24. The normalized spacial score (nSPS) is 16.6. The number of hydrogen-bond donors (Lipinski definition) is 1. The summed E-state index contributed by atoms with van der Waals surface area (Å²) in [6.45, 7) is 0.564. The first-order chi connectivity index (χ1) is 12.1. The monoisotopic (exact) mass is 358 g/mol. The number of ether oxygens (including phenoxy) is 1. The summed E-state index contributed by atoms with van der Waals surface area (Å²) in [5, 5.41) is 3.46. The van der Waals surface area contributed by atoms with Crippen LogP contribution in [0, 0.1) is 0 Å². The highest BCUT2D eigenvalue weighted by atomic mass is 35.5. The van der Waals surface area contributed by atoms with Gasteiger partial charge in [-0.2, -0.15) is 0 Å². The van der Waals surface area contributed by atoms with E-state index >= 15 is 0 Å². The van der Waals surface area contributed by atoms with Crippen LogP contribution in [-0.4, -0.2) is 36.4 Å². The van der Waals surface area contributed by atoms with Gasteiger partial charge in [0, 0.05) is 22.8 Å². The number of anilines is 1. The van der Waals surface area contributed by atoms with Gasteiger partial charge >= 0.3 is 0 Å². The fraction of sp³-hybridized carbons (Fsp3) is 0.263. The van der Waals surface area contributed by atoms with Crippen LogP contribution in [-0.2, 0) is 4.79 Å². The summed E-state index contributed by atoms with van der Waals surface area (Å²) in [7, 11) is 1.56. The van der Waals surface area contributed by atoms with Gasteiger partial charge in [0.2, 0.25) is 5.91 Å². The van der Waals surface area contributed by atoms with Crippen LogP contribution in [0.5, 0.6) is 5.75 Å². The molecular weight excluding hydrogens is 340 g/mol. The van der Waals surface area contributed by atoms with Crippen molar-refractivity contribution in [1.82, 2.24) is 4.90 Å². The SMILES string of the molecule is COc1cccc(C(=O)N2CCC[C@@H]2C(=O)Nc2ccc(Cl)cc2)c1. The van der Waals surface area contributed by atoms with E-state index in [1.54, 1.807) is 60.5 Å². The summed E-state index contributed by atoms with van der Waals surface area (Å²) in [4.78, 5) is 27.0. The molecule has 0 saturated carbocycles. The van der Waals surface area contributed by atoms with Crippen LogP contribution >= 0.6 is 11.6 Å². The van der Waals surface area contributed by atoms with Crippen LogP contribution in [0.25, 0.3) is 0 Å². The fourth-order valence-corrected chi connectivity index (χ4v) is 3.09. The Morgan fingerprint density at radius 3 is 2.68 bits per heavy atom. The minimum atomic E-state index is -0.477. The molecule has 1 heterocycles. The molecule has 25 heavy (non-hydrogen) atoms. The van der Waals surface area contributed by atoms with Crippen molar-refractivity contribution in [3.8, 4) is 5.75 Å². The van der Waals surface area contributed by atoms with Gasteiger partial charge < -0.3 is 15.0 Å². The Labute approximate surface area is 151 Å². The molecule has 0 unspecified atom stereocenters. The van der Waals surface area contributed by atoms with Crippen molar-refractivity contribution in [3.05, 3.63) is 59.1 Å². The first kappa shape index (κ1) is 17.3. The molecule has 5 nitrogen and oxygen atoms in total. The van der Waals surface area contributed by atoms with E-state index in [1.165, 1.54) is 0 Å². The smallest absolute Gasteiger partial charge is 0.254 e. The maximum absolute atomic E-state index is 12.8. The molecule has 1 aliphatic heterocycles. The number of likely N-dealkylation sites (tertiary alicyclic amines) is 1. The lowest BCUT2D eigenvalue weighted by atomic mass is 10.1. The number of rotatable bonds is 4. The van der Waals surface area contributed by atoms with E-state index in [0.717, 1.165) is 6.42 Å². The van der Waals surface area contributed by atoms with Crippen LogP contribution < -0.4 is 10.1 Å². The Kier molecular flexibility index (Phi) is 5.24. The molecule has 1 fully saturated rings. The lowest BCUT2D eigenvalue weighted by molar-refractivity contribution is -0.119. The van der Waals surface area contributed by atoms with Crippen molar-refractivity contribution >= 4 is 29.1 Å². The van der Waals surface area contributed by atoms with E-state index < -0.39 is 6.04 Å². The molecule has 6 heteroatoms. The minimum Gasteiger partial charge on any atom is -0.497 e. The number of hydrogen-bond acceptors (Lipinski definition) is 3. The number of carbonyl (C=O) groups excluding carboxylic acids is 2. The van der Waals surface area contributed by atoms with Crippen LogP contribution in [0.2, 0.25) is 5.02 Å². The van der Waals surface area contributed by atoms with Gasteiger partial charge in [-0.25, -0.2) is 0 Å². The number of nitrogens with zero attached hydrogens (tertiary/aromatic N) is 1. The molecule has 130 valence electrons. The third-order valence-electron chi connectivity index (χ3n) is 4.24. The summed E-state index contributed by atoms with van der Waals surface area (Å²) in [5.41, 5.74) is 1.18. The van der Waals surface area contributed by atoms with Gasteiger partial charge in [-0.1, -0.05) is 17.7 Å². The Morgan fingerprint density at radius 1 is 1.20 bits per heavy atom. The minimum absolute atomic E-state index is 0.160. The van der Waals surface area contributed by atoms with E-state index in [1.807, 2.05) is 0 Å². The van der Waals surface area contributed by atoms with Crippen molar-refractivity contribution < 1.29 is 14.3 Å². The standard InChI is InChI=1S/C19H19ClN2O3/c1-25-16-5-2-4-13(12-16)19(24)22-11-3-6-17(22)18(23)21-15-9-7-14(20)8-10-15/h2,4-5,7-10,12,17H,3,6,11H2,1H3,(H,21,23)/t17-/m1/s1. The van der Waals surface area contributed by atoms with Crippen molar-refractivity contribution in [1.29, 1.82) is 0 Å². The second-order valence-electron chi connectivity index (χ2n) is 5.88. The van der Waals surface area contributed by atoms with Gasteiger partial charge in [-0.15, -0.1) is 0 Å². The van der Waals surface area contributed by atoms with E-state index in [0.29, 0.717) is 35.0 Å². The topological polar surface area (TPSA) is 58.6 Å². The number of halogens is 1. The Hall–Kier alpha value is -2.53. The van der Waals surface area contributed by atoms with E-state index in [2.05, 4.69) is 5.32 Å². The molecule has 2 aromatic carbocycles. The predicted molar refractivity (Wildman–Crippen MR) is 97.1 cm³/mol. The van der Waals surface area contributed by atoms with E-state index in [-0.39, 0.29) is 11.8 Å². The Bertz CT molecular complexity index is 776. The fourth-order valence-electron chi connectivity index (χ4n) is 2.96. The van der Waals surface area contributed by atoms with Crippen LogP contribution in [0.1, 0.15) is 23.2 Å². The molecule has 2 amide bonds. The molecule has 0 radical (unpaired) electrons. The van der Waals surface area contributed by atoms with Gasteiger partial charge in [0.05, 0.1) is 7.11 Å². The molecule has 1 aliphatic rings. The van der Waals surface area contributed by atoms with Gasteiger partial charge in [-0.3, -0.25) is 9.59 Å². The predicted octanol–water partition coefficient (Wildman–Crippen LogP) is 3.59. The zero-order chi connectivity index (χ0) is 17.8. The molecule has 1 atom stereocenters. The zero-order valence-electron chi connectivity index (χ0n) is 13.9. The van der Waals surface area contributed by atoms with Crippen LogP contribution in [0.15, 0.2) is 48.5 Å². The van der Waals surface area contributed by atoms with Crippen LogP contribution in [0.3, 0.4) is 0 Å². The number of methoxy groups -OCH3 is 1. The lowest BCUT2D eigenvalue weighted by Crippen LogP contribution is -2.43. The highest BCUT2D eigenvalue weighted by molar-refractivity contribution is 6.30. The highest BCUT2D eigenvalue weighted by Gasteiger charge is 2.34. The molecule has 0 bridgehead atoms. The summed E-state index contributed by atoms with van der Waals surface area (Å²) in [5.74, 6) is 0.274. The summed E-state index contributed by atoms with van der Waals surface area (Å²) >= 11 is 5.86. The molecule has 3 rings (SSSR count). The molecule has 0 spiro atoms. The first-order valence-electron chi connectivity index (χ1n) is 8.10. The number of benzene rings is 2. The number of nitrogens with one attached hydrogen (secondary N) is 1. The van der Waals surface area contributed by atoms with Gasteiger partial charge in [0.1, 0.15) is 11.8 Å². The average Bonchev–Trinajstić information content (AvgIpc) is 3.13. The quantitative estimate of drug-likeness (QED) is 0.908. The second kappa shape index (κ2) is 7.57. The van der Waals surface area contributed by atoms with Gasteiger partial charge in [0.25, 0.3) is 5.91 Å². The molecule has 1 N–H and O–H groups in total. The number of carbonyl (C=O) groups is 2. The summed E-state index contributed by atoms with van der Waals surface area (Å²) < 4.78 is 5.17. The van der Waals surface area contributed by atoms with E-state index in [9.17, 15) is 9.59 Å². The molecule has 2 aromatic rings. The van der Waals surface area contributed by atoms with Crippen molar-refractivity contribution in [2.75, 3.05) is 19.0 Å². The number of amides is 2. The Balaban J connectivity index is 1.73. The molecular formula is C19H19ClN2O3. The zero-order valence-corrected chi connectivity index (χ0v) is 14.6. The molecule has 0 aromatic heterocycles. The third kappa shape index (κ3) is 3.94. The highest BCUT2D eigenvalue weighted by Crippen LogP contribution is 2.23. The van der Waals surface area contributed by atoms with Gasteiger partial charge in [-0.05, 0) is 55.3 Å². The average molecular weight is 359 g/mol. The van der Waals surface area contributed by atoms with E-state index in [4.69, 9.17) is 16.3 Å². The summed E-state index contributed by atoms with van der Waals surface area (Å²) in [6.07, 6.45) is 1.45. The largest absolute Gasteiger partial charge is 0.497 e. The second-order valence-corrected chi connectivity index (χ2v) is 6.32. The Morgan fingerprint density at radius 2 is 1.96 bits per heavy atom. The molecule has 1 saturated heterocycles. The van der Waals surface area contributed by atoms with Crippen molar-refractivity contribution in [2.45, 2.75) is 18.9 Å². The maximum atomic E-state index is 12.8. The van der Waals surface area contributed by atoms with Crippen LogP contribution in [0.4, 0.5) is 5.69 Å². The summed E-state index contributed by atoms with van der Waals surface area (Å²) in [6, 6.07) is 13.4. The molecule has 0 aliphatic carbocycles. The third-order valence-corrected chi connectivity index (χ3v) is 4.50. The van der Waals surface area contributed by atoms with Crippen molar-refractivity contribution in [3.63, 3.8) is 0 Å². The first-order valence-corrected chi connectivity index (χ1v) is 8.48.